The molecule has 1 amide bonds. The standard InChI is InChI=1S/C7H12Cl2N2O.ClH/c1-4(3-10)11-6(12)5-2-7(5,8)9;/h4-5H,2-3,10H2,1H3,(H,11,12);1H/t4-,5?;/m1./s1. The highest BCUT2D eigenvalue weighted by molar-refractivity contribution is 6.52. The van der Waals surface area contributed by atoms with E-state index in [1.54, 1.807) is 0 Å². The van der Waals surface area contributed by atoms with Gasteiger partial charge >= 0.3 is 0 Å². The number of rotatable bonds is 3. The minimum Gasteiger partial charge on any atom is -0.352 e. The van der Waals surface area contributed by atoms with Crippen LogP contribution in [0, 0.1) is 5.92 Å². The van der Waals surface area contributed by atoms with Crippen LogP contribution < -0.4 is 11.1 Å². The van der Waals surface area contributed by atoms with Gasteiger partial charge in [-0.25, -0.2) is 0 Å². The van der Waals surface area contributed by atoms with E-state index in [-0.39, 0.29) is 30.3 Å². The molecule has 0 saturated heterocycles. The van der Waals surface area contributed by atoms with E-state index in [1.807, 2.05) is 6.92 Å². The summed E-state index contributed by atoms with van der Waals surface area (Å²) in [6.45, 7) is 2.26. The van der Waals surface area contributed by atoms with Crippen LogP contribution in [0.5, 0.6) is 0 Å². The Morgan fingerprint density at radius 1 is 1.77 bits per heavy atom. The van der Waals surface area contributed by atoms with Gasteiger partial charge in [0.2, 0.25) is 5.91 Å². The Morgan fingerprint density at radius 2 is 2.23 bits per heavy atom. The minimum atomic E-state index is -0.835. The van der Waals surface area contributed by atoms with Crippen molar-refractivity contribution in [1.29, 1.82) is 0 Å². The fourth-order valence-corrected chi connectivity index (χ4v) is 1.41. The van der Waals surface area contributed by atoms with Crippen LogP contribution in [0.4, 0.5) is 0 Å². The van der Waals surface area contributed by atoms with E-state index >= 15 is 0 Å². The number of nitrogens with one attached hydrogen (secondary N) is 1. The van der Waals surface area contributed by atoms with Crippen LogP contribution in [0.25, 0.3) is 0 Å². The second-order valence-corrected chi connectivity index (χ2v) is 4.71. The van der Waals surface area contributed by atoms with Crippen LogP contribution in [-0.4, -0.2) is 22.8 Å². The Kier molecular flexibility index (Phi) is 4.80. The molecule has 1 aliphatic rings. The third-order valence-electron chi connectivity index (χ3n) is 1.88. The van der Waals surface area contributed by atoms with Crippen molar-refractivity contribution < 1.29 is 4.79 Å². The highest BCUT2D eigenvalue weighted by Crippen LogP contribution is 2.53. The predicted molar refractivity (Wildman–Crippen MR) is 56.5 cm³/mol. The van der Waals surface area contributed by atoms with Gasteiger partial charge in [0, 0.05) is 12.6 Å². The number of halogens is 3. The summed E-state index contributed by atoms with van der Waals surface area (Å²) in [7, 11) is 0. The van der Waals surface area contributed by atoms with E-state index < -0.39 is 4.33 Å². The average molecular weight is 248 g/mol. The molecule has 0 aromatic heterocycles. The SMILES string of the molecule is C[C@H](CN)NC(=O)C1CC1(Cl)Cl.Cl. The molecular formula is C7H13Cl3N2O. The van der Waals surface area contributed by atoms with Gasteiger partial charge in [-0.15, -0.1) is 35.6 Å². The van der Waals surface area contributed by atoms with Crippen LogP contribution in [-0.2, 0) is 4.79 Å². The molecule has 0 heterocycles. The third-order valence-corrected chi connectivity index (χ3v) is 2.72. The molecule has 0 aliphatic heterocycles. The van der Waals surface area contributed by atoms with Gasteiger partial charge in [0.25, 0.3) is 0 Å². The van der Waals surface area contributed by atoms with Crippen LogP contribution in [0.3, 0.4) is 0 Å². The Hall–Kier alpha value is 0.300. The Labute approximate surface area is 93.7 Å². The number of amides is 1. The molecule has 13 heavy (non-hydrogen) atoms. The Balaban J connectivity index is 0.00000144. The minimum absolute atomic E-state index is 0. The van der Waals surface area contributed by atoms with E-state index in [0.29, 0.717) is 13.0 Å². The summed E-state index contributed by atoms with van der Waals surface area (Å²) < 4.78 is -0.835. The smallest absolute Gasteiger partial charge is 0.226 e. The Morgan fingerprint density at radius 3 is 2.54 bits per heavy atom. The maximum atomic E-state index is 11.3. The fourth-order valence-electron chi connectivity index (χ4n) is 0.900. The molecule has 1 aliphatic carbocycles. The summed E-state index contributed by atoms with van der Waals surface area (Å²) >= 11 is 11.4. The molecule has 1 rings (SSSR count). The number of alkyl halides is 2. The van der Waals surface area contributed by atoms with Crippen LogP contribution >= 0.6 is 35.6 Å². The topological polar surface area (TPSA) is 55.1 Å². The lowest BCUT2D eigenvalue weighted by Crippen LogP contribution is -2.39. The monoisotopic (exact) mass is 246 g/mol. The predicted octanol–water partition coefficient (Wildman–Crippen LogP) is 1.07. The average Bonchev–Trinajstić information content (AvgIpc) is 2.59. The lowest BCUT2D eigenvalue weighted by Gasteiger charge is -2.10. The molecule has 78 valence electrons. The summed E-state index contributed by atoms with van der Waals surface area (Å²) in [5.41, 5.74) is 5.33. The molecule has 1 saturated carbocycles. The Bertz CT molecular complexity index is 198. The largest absolute Gasteiger partial charge is 0.352 e. The second-order valence-electron chi connectivity index (χ2n) is 3.16. The van der Waals surface area contributed by atoms with Crippen molar-refractivity contribution in [3.63, 3.8) is 0 Å². The van der Waals surface area contributed by atoms with E-state index in [1.165, 1.54) is 0 Å². The van der Waals surface area contributed by atoms with Gasteiger partial charge in [-0.05, 0) is 13.3 Å². The molecular weight excluding hydrogens is 234 g/mol. The highest BCUT2D eigenvalue weighted by Gasteiger charge is 2.56. The van der Waals surface area contributed by atoms with Crippen molar-refractivity contribution in [3.8, 4) is 0 Å². The summed E-state index contributed by atoms with van der Waals surface area (Å²) in [6, 6.07) is -0.0118. The van der Waals surface area contributed by atoms with Crippen molar-refractivity contribution in [2.75, 3.05) is 6.54 Å². The summed E-state index contributed by atoms with van der Waals surface area (Å²) in [6.07, 6.45) is 0.541. The number of carbonyl (C=O) groups excluding carboxylic acids is 1. The lowest BCUT2D eigenvalue weighted by molar-refractivity contribution is -0.122. The van der Waals surface area contributed by atoms with Gasteiger partial charge in [0.15, 0.2) is 0 Å². The van der Waals surface area contributed by atoms with E-state index in [2.05, 4.69) is 5.32 Å². The summed E-state index contributed by atoms with van der Waals surface area (Å²) in [5, 5.41) is 2.71. The molecule has 3 nitrogen and oxygen atoms in total. The summed E-state index contributed by atoms with van der Waals surface area (Å²) in [4.78, 5) is 11.3. The van der Waals surface area contributed by atoms with Crippen molar-refractivity contribution in [1.82, 2.24) is 5.32 Å². The van der Waals surface area contributed by atoms with E-state index in [4.69, 9.17) is 28.9 Å². The number of carbonyl (C=O) groups is 1. The maximum absolute atomic E-state index is 11.3. The molecule has 0 bridgehead atoms. The third kappa shape index (κ3) is 3.50. The molecule has 0 radical (unpaired) electrons. The maximum Gasteiger partial charge on any atom is 0.226 e. The molecule has 6 heteroatoms. The molecule has 0 spiro atoms. The first-order valence-corrected chi connectivity index (χ1v) is 4.61. The molecule has 0 aromatic carbocycles. The first kappa shape index (κ1) is 13.3. The molecule has 1 unspecified atom stereocenters. The summed E-state index contributed by atoms with van der Waals surface area (Å²) in [5.74, 6) is -0.354. The zero-order valence-corrected chi connectivity index (χ0v) is 9.55. The van der Waals surface area contributed by atoms with E-state index in [0.717, 1.165) is 0 Å². The molecule has 2 atom stereocenters. The number of hydrogen-bond acceptors (Lipinski definition) is 2. The second kappa shape index (κ2) is 4.69. The van der Waals surface area contributed by atoms with Gasteiger partial charge in [-0.3, -0.25) is 4.79 Å². The number of nitrogens with two attached hydrogens (primary N) is 1. The lowest BCUT2D eigenvalue weighted by atomic mass is 10.3. The van der Waals surface area contributed by atoms with Crippen molar-refractivity contribution in [2.24, 2.45) is 11.7 Å². The van der Waals surface area contributed by atoms with Gasteiger partial charge in [-0.1, -0.05) is 0 Å². The van der Waals surface area contributed by atoms with Crippen molar-refractivity contribution in [3.05, 3.63) is 0 Å². The van der Waals surface area contributed by atoms with Gasteiger partial charge < -0.3 is 11.1 Å². The fraction of sp³-hybridized carbons (Fsp3) is 0.857. The zero-order valence-electron chi connectivity index (χ0n) is 7.22. The molecule has 3 N–H and O–H groups in total. The first-order valence-electron chi connectivity index (χ1n) is 3.85. The molecule has 0 aromatic rings. The molecule has 1 fully saturated rings. The number of hydrogen-bond donors (Lipinski definition) is 2. The van der Waals surface area contributed by atoms with Gasteiger partial charge in [0.05, 0.1) is 5.92 Å². The zero-order chi connectivity index (χ0) is 9.35. The van der Waals surface area contributed by atoms with Crippen LogP contribution in [0.15, 0.2) is 0 Å². The van der Waals surface area contributed by atoms with Crippen LogP contribution in [0.2, 0.25) is 0 Å². The van der Waals surface area contributed by atoms with Gasteiger partial charge in [-0.2, -0.15) is 0 Å². The first-order chi connectivity index (χ1) is 5.47. The van der Waals surface area contributed by atoms with E-state index in [9.17, 15) is 4.79 Å². The normalized spacial score (nSPS) is 25.7. The van der Waals surface area contributed by atoms with Gasteiger partial charge in [0.1, 0.15) is 4.33 Å². The van der Waals surface area contributed by atoms with Crippen LogP contribution in [0.1, 0.15) is 13.3 Å². The highest BCUT2D eigenvalue weighted by atomic mass is 35.5. The quantitative estimate of drug-likeness (QED) is 0.733. The van der Waals surface area contributed by atoms with Crippen molar-refractivity contribution >= 4 is 41.5 Å². The van der Waals surface area contributed by atoms with Crippen molar-refractivity contribution in [2.45, 2.75) is 23.7 Å².